The summed E-state index contributed by atoms with van der Waals surface area (Å²) < 4.78 is 0. The summed E-state index contributed by atoms with van der Waals surface area (Å²) in [4.78, 5) is 0. The van der Waals surface area contributed by atoms with Crippen molar-refractivity contribution in [2.75, 3.05) is 18.1 Å². The lowest BCUT2D eigenvalue weighted by atomic mass is 9.96. The molecule has 1 aliphatic rings. The van der Waals surface area contributed by atoms with E-state index >= 15 is 0 Å². The van der Waals surface area contributed by atoms with E-state index in [1.54, 1.807) is 0 Å². The van der Waals surface area contributed by atoms with Gasteiger partial charge in [0.15, 0.2) is 0 Å². The molecular weight excluding hydrogens is 216 g/mol. The van der Waals surface area contributed by atoms with Crippen LogP contribution >= 0.6 is 11.8 Å². The molecule has 0 radical (unpaired) electrons. The highest BCUT2D eigenvalue weighted by Gasteiger charge is 2.33. The van der Waals surface area contributed by atoms with Gasteiger partial charge in [0.05, 0.1) is 0 Å². The predicted molar refractivity (Wildman–Crippen MR) is 71.7 cm³/mol. The zero-order chi connectivity index (χ0) is 11.4. The second kappa shape index (κ2) is 5.21. The standard InChI is InChI=1S/C13H20N2S/c1-11(12-5-3-2-4-6-12)15-13(9-14)7-8-16-10-13/h2-6,11,15H,7-10,14H2,1H3. The quantitative estimate of drug-likeness (QED) is 0.841. The van der Waals surface area contributed by atoms with Crippen LogP contribution in [0.1, 0.15) is 24.9 Å². The van der Waals surface area contributed by atoms with Gasteiger partial charge in [-0.3, -0.25) is 0 Å². The summed E-state index contributed by atoms with van der Waals surface area (Å²) in [6, 6.07) is 11.0. The summed E-state index contributed by atoms with van der Waals surface area (Å²) in [5.41, 5.74) is 7.41. The van der Waals surface area contributed by atoms with Crippen LogP contribution in [0.15, 0.2) is 30.3 Å². The smallest absolute Gasteiger partial charge is 0.0407 e. The Morgan fingerprint density at radius 1 is 1.44 bits per heavy atom. The number of rotatable bonds is 4. The first kappa shape index (κ1) is 12.0. The van der Waals surface area contributed by atoms with Crippen molar-refractivity contribution in [3.63, 3.8) is 0 Å². The van der Waals surface area contributed by atoms with Gasteiger partial charge < -0.3 is 11.1 Å². The second-order valence-electron chi connectivity index (χ2n) is 4.56. The van der Waals surface area contributed by atoms with Crippen LogP contribution in [0.3, 0.4) is 0 Å². The number of nitrogens with two attached hydrogens (primary N) is 1. The molecule has 88 valence electrons. The Morgan fingerprint density at radius 3 is 2.75 bits per heavy atom. The van der Waals surface area contributed by atoms with E-state index in [1.807, 2.05) is 11.8 Å². The summed E-state index contributed by atoms with van der Waals surface area (Å²) in [6.07, 6.45) is 1.19. The first-order valence-electron chi connectivity index (χ1n) is 5.86. The van der Waals surface area contributed by atoms with Gasteiger partial charge in [0.1, 0.15) is 0 Å². The van der Waals surface area contributed by atoms with Gasteiger partial charge in [-0.25, -0.2) is 0 Å². The van der Waals surface area contributed by atoms with Gasteiger partial charge in [-0.1, -0.05) is 30.3 Å². The summed E-state index contributed by atoms with van der Waals surface area (Å²) in [5, 5.41) is 3.71. The highest BCUT2D eigenvalue weighted by molar-refractivity contribution is 7.99. The zero-order valence-corrected chi connectivity index (χ0v) is 10.6. The van der Waals surface area contributed by atoms with Crippen LogP contribution in [-0.2, 0) is 0 Å². The third-order valence-electron chi connectivity index (χ3n) is 3.32. The fraction of sp³-hybridized carbons (Fsp3) is 0.538. The molecule has 3 heteroatoms. The first-order valence-corrected chi connectivity index (χ1v) is 7.02. The molecule has 0 aromatic heterocycles. The molecule has 1 aromatic carbocycles. The van der Waals surface area contributed by atoms with Crippen molar-refractivity contribution in [1.29, 1.82) is 0 Å². The molecule has 2 unspecified atom stereocenters. The number of hydrogen-bond acceptors (Lipinski definition) is 3. The lowest BCUT2D eigenvalue weighted by molar-refractivity contribution is 0.335. The minimum atomic E-state index is 0.153. The topological polar surface area (TPSA) is 38.0 Å². The minimum absolute atomic E-state index is 0.153. The molecule has 1 aliphatic heterocycles. The van der Waals surface area contributed by atoms with Crippen LogP contribution in [0.2, 0.25) is 0 Å². The molecule has 1 saturated heterocycles. The fourth-order valence-electron chi connectivity index (χ4n) is 2.23. The van der Waals surface area contributed by atoms with E-state index in [1.165, 1.54) is 17.7 Å². The lowest BCUT2D eigenvalue weighted by Crippen LogP contribution is -2.52. The van der Waals surface area contributed by atoms with E-state index in [0.29, 0.717) is 6.04 Å². The van der Waals surface area contributed by atoms with Gasteiger partial charge in [0.25, 0.3) is 0 Å². The normalized spacial score (nSPS) is 26.9. The van der Waals surface area contributed by atoms with Crippen molar-refractivity contribution >= 4 is 11.8 Å². The molecule has 2 rings (SSSR count). The largest absolute Gasteiger partial charge is 0.329 e. The van der Waals surface area contributed by atoms with E-state index < -0.39 is 0 Å². The van der Waals surface area contributed by atoms with Crippen LogP contribution in [0.25, 0.3) is 0 Å². The molecule has 1 fully saturated rings. The molecule has 2 nitrogen and oxygen atoms in total. The van der Waals surface area contributed by atoms with E-state index in [0.717, 1.165) is 12.3 Å². The summed E-state index contributed by atoms with van der Waals surface area (Å²) >= 11 is 2.00. The number of thioether (sulfide) groups is 1. The van der Waals surface area contributed by atoms with Crippen molar-refractivity contribution in [1.82, 2.24) is 5.32 Å². The van der Waals surface area contributed by atoms with Gasteiger partial charge in [0.2, 0.25) is 0 Å². The maximum absolute atomic E-state index is 5.92. The first-order chi connectivity index (χ1) is 7.76. The Labute approximate surface area is 102 Å². The van der Waals surface area contributed by atoms with Gasteiger partial charge in [-0.2, -0.15) is 11.8 Å². The van der Waals surface area contributed by atoms with Crippen LogP contribution in [0.4, 0.5) is 0 Å². The maximum atomic E-state index is 5.92. The molecule has 1 aromatic rings. The SMILES string of the molecule is CC(NC1(CN)CCSC1)c1ccccc1. The number of hydrogen-bond donors (Lipinski definition) is 2. The average Bonchev–Trinajstić information content (AvgIpc) is 2.79. The van der Waals surface area contributed by atoms with E-state index in [2.05, 4.69) is 42.6 Å². The van der Waals surface area contributed by atoms with Gasteiger partial charge in [-0.15, -0.1) is 0 Å². The molecule has 1 heterocycles. The van der Waals surface area contributed by atoms with Crippen LogP contribution < -0.4 is 11.1 Å². The van der Waals surface area contributed by atoms with E-state index in [-0.39, 0.29) is 5.54 Å². The van der Waals surface area contributed by atoms with Crippen molar-refractivity contribution in [3.05, 3.63) is 35.9 Å². The van der Waals surface area contributed by atoms with E-state index in [9.17, 15) is 0 Å². The highest BCUT2D eigenvalue weighted by Crippen LogP contribution is 2.29. The van der Waals surface area contributed by atoms with Crippen molar-refractivity contribution in [2.45, 2.75) is 24.9 Å². The van der Waals surface area contributed by atoms with Crippen molar-refractivity contribution in [2.24, 2.45) is 5.73 Å². The fourth-order valence-corrected chi connectivity index (χ4v) is 3.64. The third-order valence-corrected chi connectivity index (χ3v) is 4.57. The zero-order valence-electron chi connectivity index (χ0n) is 9.78. The molecule has 2 atom stereocenters. The molecule has 0 spiro atoms. The summed E-state index contributed by atoms with van der Waals surface area (Å²) in [6.45, 7) is 2.95. The monoisotopic (exact) mass is 236 g/mol. The van der Waals surface area contributed by atoms with Crippen molar-refractivity contribution in [3.8, 4) is 0 Å². The second-order valence-corrected chi connectivity index (χ2v) is 5.67. The van der Waals surface area contributed by atoms with Gasteiger partial charge in [-0.05, 0) is 24.7 Å². The predicted octanol–water partition coefficient (Wildman–Crippen LogP) is 2.17. The molecule has 0 saturated carbocycles. The van der Waals surface area contributed by atoms with Crippen LogP contribution in [0.5, 0.6) is 0 Å². The molecule has 3 N–H and O–H groups in total. The Bertz CT molecular complexity index is 320. The number of nitrogens with one attached hydrogen (secondary N) is 1. The van der Waals surface area contributed by atoms with Crippen molar-refractivity contribution < 1.29 is 0 Å². The third kappa shape index (κ3) is 2.59. The molecular formula is C13H20N2S. The number of benzene rings is 1. The maximum Gasteiger partial charge on any atom is 0.0407 e. The van der Waals surface area contributed by atoms with Gasteiger partial charge in [0, 0.05) is 23.9 Å². The molecule has 0 bridgehead atoms. The lowest BCUT2D eigenvalue weighted by Gasteiger charge is -2.32. The Kier molecular flexibility index (Phi) is 3.90. The van der Waals surface area contributed by atoms with Crippen LogP contribution in [-0.4, -0.2) is 23.6 Å². The Morgan fingerprint density at radius 2 is 2.19 bits per heavy atom. The minimum Gasteiger partial charge on any atom is -0.329 e. The summed E-state index contributed by atoms with van der Waals surface area (Å²) in [5.74, 6) is 2.37. The van der Waals surface area contributed by atoms with Crippen LogP contribution in [0, 0.1) is 0 Å². The molecule has 0 aliphatic carbocycles. The van der Waals surface area contributed by atoms with Gasteiger partial charge >= 0.3 is 0 Å². The molecule has 0 amide bonds. The molecule has 16 heavy (non-hydrogen) atoms. The average molecular weight is 236 g/mol. The van der Waals surface area contributed by atoms with E-state index in [4.69, 9.17) is 5.73 Å². The highest BCUT2D eigenvalue weighted by atomic mass is 32.2. The summed E-state index contributed by atoms with van der Waals surface area (Å²) in [7, 11) is 0. The Hall–Kier alpha value is -0.510. The Balaban J connectivity index is 2.03.